The molecule has 12 heteroatoms. The first kappa shape index (κ1) is 27.2. The molecule has 0 aliphatic heterocycles. The number of carboxylic acid groups (broad SMARTS) is 1. The maximum atomic E-state index is 13.7. The maximum Gasteiger partial charge on any atom is 0.404 e. The Balaban J connectivity index is 1.57. The van der Waals surface area contributed by atoms with E-state index in [2.05, 4.69) is 15.6 Å². The molecular formula is C25H31FN4O5S2. The Morgan fingerprint density at radius 3 is 2.62 bits per heavy atom. The van der Waals surface area contributed by atoms with Crippen molar-refractivity contribution in [1.29, 1.82) is 0 Å². The molecule has 0 unspecified atom stereocenters. The average molecular weight is 551 g/mol. The SMILES string of the molecule is CC(C)CN(C[C@@H](O)[C@H](Cc1cccc(F)c1)NC(=O)O)S(=O)(=O)c1ccc2nc(NC3CC3)sc2c1. The van der Waals surface area contributed by atoms with Crippen molar-refractivity contribution in [3.8, 4) is 0 Å². The lowest BCUT2D eigenvalue weighted by atomic mass is 10.0. The molecule has 1 saturated carbocycles. The normalized spacial score (nSPS) is 15.7. The number of carbonyl (C=O) groups is 1. The zero-order valence-corrected chi connectivity index (χ0v) is 22.2. The van der Waals surface area contributed by atoms with Crippen LogP contribution < -0.4 is 10.6 Å². The molecule has 2 aromatic carbocycles. The van der Waals surface area contributed by atoms with Crippen LogP contribution in [-0.2, 0) is 16.4 Å². The van der Waals surface area contributed by atoms with Gasteiger partial charge < -0.3 is 20.8 Å². The summed E-state index contributed by atoms with van der Waals surface area (Å²) >= 11 is 1.39. The molecule has 4 rings (SSSR count). The Hall–Kier alpha value is -2.80. The second-order valence-corrected chi connectivity index (χ2v) is 12.7. The lowest BCUT2D eigenvalue weighted by molar-refractivity contribution is 0.0980. The minimum absolute atomic E-state index is 0.00954. The van der Waals surface area contributed by atoms with E-state index in [0.29, 0.717) is 17.1 Å². The van der Waals surface area contributed by atoms with Crippen LogP contribution in [0.15, 0.2) is 47.4 Å². The molecule has 1 heterocycles. The van der Waals surface area contributed by atoms with E-state index in [1.807, 2.05) is 13.8 Å². The number of rotatable bonds is 12. The van der Waals surface area contributed by atoms with Gasteiger partial charge in [-0.15, -0.1) is 0 Å². The highest BCUT2D eigenvalue weighted by Gasteiger charge is 2.32. The summed E-state index contributed by atoms with van der Waals surface area (Å²) in [4.78, 5) is 16.0. The van der Waals surface area contributed by atoms with E-state index in [1.165, 1.54) is 39.9 Å². The van der Waals surface area contributed by atoms with Gasteiger partial charge in [0.25, 0.3) is 0 Å². The number of nitrogens with one attached hydrogen (secondary N) is 2. The lowest BCUT2D eigenvalue weighted by Gasteiger charge is -2.30. The Morgan fingerprint density at radius 1 is 1.22 bits per heavy atom. The summed E-state index contributed by atoms with van der Waals surface area (Å²) in [6, 6.07) is 9.74. The molecule has 1 fully saturated rings. The molecular weight excluding hydrogens is 519 g/mol. The fraction of sp³-hybridized carbons (Fsp3) is 0.440. The van der Waals surface area contributed by atoms with Gasteiger partial charge in [-0.2, -0.15) is 4.31 Å². The molecule has 1 aliphatic rings. The standard InChI is InChI=1S/C25H31FN4O5S2/c1-15(2)13-30(14-22(31)21(29-25(32)33)11-16-4-3-5-17(26)10-16)37(34,35)19-8-9-20-23(12-19)36-24(28-20)27-18-6-7-18/h3-5,8-10,12,15,18,21-22,29,31H,6-7,11,13-14H2,1-2H3,(H,27,28)(H,32,33)/t21-,22+/m0/s1. The number of amides is 1. The van der Waals surface area contributed by atoms with Gasteiger partial charge in [-0.3, -0.25) is 0 Å². The summed E-state index contributed by atoms with van der Waals surface area (Å²) in [5.74, 6) is -0.545. The zero-order chi connectivity index (χ0) is 26.7. The van der Waals surface area contributed by atoms with Gasteiger partial charge in [-0.1, -0.05) is 37.3 Å². The molecule has 9 nitrogen and oxygen atoms in total. The van der Waals surface area contributed by atoms with Crippen molar-refractivity contribution in [1.82, 2.24) is 14.6 Å². The first-order chi connectivity index (χ1) is 17.5. The minimum Gasteiger partial charge on any atom is -0.465 e. The number of halogens is 1. The number of anilines is 1. The number of aliphatic hydroxyl groups is 1. The topological polar surface area (TPSA) is 132 Å². The summed E-state index contributed by atoms with van der Waals surface area (Å²) in [6.07, 6.45) is -0.568. The van der Waals surface area contributed by atoms with Crippen LogP contribution in [0, 0.1) is 11.7 Å². The smallest absolute Gasteiger partial charge is 0.404 e. The van der Waals surface area contributed by atoms with E-state index < -0.39 is 34.1 Å². The van der Waals surface area contributed by atoms with E-state index in [0.717, 1.165) is 22.7 Å². The number of nitrogens with zero attached hydrogens (tertiary/aromatic N) is 2. The number of sulfonamides is 1. The highest BCUT2D eigenvalue weighted by molar-refractivity contribution is 7.89. The van der Waals surface area contributed by atoms with Gasteiger partial charge in [0, 0.05) is 19.1 Å². The summed E-state index contributed by atoms with van der Waals surface area (Å²) in [7, 11) is -4.03. The second-order valence-electron chi connectivity index (χ2n) is 9.74. The minimum atomic E-state index is -4.03. The summed E-state index contributed by atoms with van der Waals surface area (Å²) in [5.41, 5.74) is 1.17. The van der Waals surface area contributed by atoms with E-state index in [-0.39, 0.29) is 30.3 Å². The van der Waals surface area contributed by atoms with Crippen LogP contribution in [0.25, 0.3) is 10.2 Å². The average Bonchev–Trinajstić information content (AvgIpc) is 3.53. The van der Waals surface area contributed by atoms with E-state index in [1.54, 1.807) is 18.2 Å². The van der Waals surface area contributed by atoms with Gasteiger partial charge in [0.2, 0.25) is 10.0 Å². The van der Waals surface area contributed by atoms with Gasteiger partial charge in [0.1, 0.15) is 5.82 Å². The molecule has 37 heavy (non-hydrogen) atoms. The number of benzene rings is 2. The number of thiazole rings is 1. The molecule has 1 aliphatic carbocycles. The maximum absolute atomic E-state index is 13.7. The van der Waals surface area contributed by atoms with Gasteiger partial charge in [0.15, 0.2) is 5.13 Å². The number of hydrogen-bond donors (Lipinski definition) is 4. The molecule has 2 atom stereocenters. The molecule has 1 amide bonds. The van der Waals surface area contributed by atoms with Crippen LogP contribution in [0.1, 0.15) is 32.3 Å². The Labute approximate surface area is 219 Å². The molecule has 0 bridgehead atoms. The molecule has 3 aromatic rings. The number of hydrogen-bond acceptors (Lipinski definition) is 7. The second kappa shape index (κ2) is 11.3. The van der Waals surface area contributed by atoms with Crippen LogP contribution >= 0.6 is 11.3 Å². The summed E-state index contributed by atoms with van der Waals surface area (Å²) in [5, 5.41) is 26.6. The zero-order valence-electron chi connectivity index (χ0n) is 20.6. The number of fused-ring (bicyclic) bond motifs is 1. The predicted molar refractivity (Wildman–Crippen MR) is 141 cm³/mol. The van der Waals surface area contributed by atoms with Crippen LogP contribution in [0.3, 0.4) is 0 Å². The van der Waals surface area contributed by atoms with E-state index in [9.17, 15) is 27.8 Å². The van der Waals surface area contributed by atoms with Crippen LogP contribution in [0.5, 0.6) is 0 Å². The molecule has 200 valence electrons. The van der Waals surface area contributed by atoms with Gasteiger partial charge in [-0.25, -0.2) is 22.6 Å². The van der Waals surface area contributed by atoms with Crippen molar-refractivity contribution in [2.75, 3.05) is 18.4 Å². The predicted octanol–water partition coefficient (Wildman–Crippen LogP) is 3.90. The molecule has 4 N–H and O–H groups in total. The first-order valence-corrected chi connectivity index (χ1v) is 14.4. The Kier molecular flexibility index (Phi) is 8.32. The number of aliphatic hydroxyl groups excluding tert-OH is 1. The fourth-order valence-corrected chi connectivity index (χ4v) is 6.76. The van der Waals surface area contributed by atoms with Crippen molar-refractivity contribution >= 4 is 42.8 Å². The largest absolute Gasteiger partial charge is 0.465 e. The monoisotopic (exact) mass is 550 g/mol. The highest BCUT2D eigenvalue weighted by Crippen LogP contribution is 2.32. The van der Waals surface area contributed by atoms with Crippen molar-refractivity contribution in [3.63, 3.8) is 0 Å². The van der Waals surface area contributed by atoms with Crippen molar-refractivity contribution < 1.29 is 27.8 Å². The summed E-state index contributed by atoms with van der Waals surface area (Å²) < 4.78 is 42.9. The Bertz CT molecular complexity index is 1360. The highest BCUT2D eigenvalue weighted by atomic mass is 32.2. The molecule has 0 radical (unpaired) electrons. The van der Waals surface area contributed by atoms with Crippen molar-refractivity contribution in [2.45, 2.75) is 56.2 Å². The molecule has 1 aromatic heterocycles. The van der Waals surface area contributed by atoms with E-state index >= 15 is 0 Å². The third-order valence-electron chi connectivity index (χ3n) is 5.98. The van der Waals surface area contributed by atoms with Crippen LogP contribution in [-0.4, -0.2) is 65.3 Å². The van der Waals surface area contributed by atoms with Crippen LogP contribution in [0.2, 0.25) is 0 Å². The fourth-order valence-electron chi connectivity index (χ4n) is 4.05. The Morgan fingerprint density at radius 2 is 1.97 bits per heavy atom. The lowest BCUT2D eigenvalue weighted by Crippen LogP contribution is -2.50. The number of aromatic nitrogens is 1. The first-order valence-electron chi connectivity index (χ1n) is 12.1. The van der Waals surface area contributed by atoms with E-state index in [4.69, 9.17) is 0 Å². The summed E-state index contributed by atoms with van der Waals surface area (Å²) in [6.45, 7) is 3.50. The van der Waals surface area contributed by atoms with Crippen molar-refractivity contribution in [3.05, 3.63) is 53.8 Å². The quantitative estimate of drug-likeness (QED) is 0.269. The molecule has 0 saturated heterocycles. The third kappa shape index (κ3) is 7.16. The van der Waals surface area contributed by atoms with Crippen molar-refractivity contribution in [2.24, 2.45) is 5.92 Å². The third-order valence-corrected chi connectivity index (χ3v) is 8.76. The molecule has 0 spiro atoms. The van der Waals surface area contributed by atoms with Gasteiger partial charge in [0.05, 0.1) is 27.3 Å². The van der Waals surface area contributed by atoms with Gasteiger partial charge >= 0.3 is 6.09 Å². The van der Waals surface area contributed by atoms with Gasteiger partial charge in [-0.05, 0) is 61.1 Å². The van der Waals surface area contributed by atoms with Crippen LogP contribution in [0.4, 0.5) is 14.3 Å².